The number of hydrogen-bond acceptors (Lipinski definition) is 5. The van der Waals surface area contributed by atoms with Crippen molar-refractivity contribution < 1.29 is 28.3 Å². The summed E-state index contributed by atoms with van der Waals surface area (Å²) in [5.41, 5.74) is 1.15. The van der Waals surface area contributed by atoms with E-state index in [9.17, 15) is 14.4 Å². The molecule has 0 radical (unpaired) electrons. The van der Waals surface area contributed by atoms with E-state index in [1.165, 1.54) is 32.3 Å². The average molecular weight is 632 g/mol. The summed E-state index contributed by atoms with van der Waals surface area (Å²) in [6.07, 6.45) is 10.1. The van der Waals surface area contributed by atoms with Gasteiger partial charge in [-0.2, -0.15) is 0 Å². The highest BCUT2D eigenvalue weighted by atomic mass is 16.6. The lowest BCUT2D eigenvalue weighted by Gasteiger charge is -2.62. The third kappa shape index (κ3) is 8.39. The van der Waals surface area contributed by atoms with Crippen molar-refractivity contribution >= 4 is 17.8 Å². The molecule has 2 aromatic rings. The monoisotopic (exact) mass is 631 g/mol. The first-order valence-corrected chi connectivity index (χ1v) is 17.7. The first kappa shape index (κ1) is 34.2. The van der Waals surface area contributed by atoms with Crippen LogP contribution >= 0.6 is 0 Å². The minimum atomic E-state index is -0.714. The number of quaternary nitrogens is 1. The number of unbranched alkanes of at least 4 members (excludes halogenated alkanes) is 2. The maximum Gasteiger partial charge on any atom is 0.308 e. The van der Waals surface area contributed by atoms with E-state index in [0.29, 0.717) is 30.9 Å². The normalized spacial score (nSPS) is 27.5. The molecule has 5 rings (SSSR count). The van der Waals surface area contributed by atoms with E-state index in [0.717, 1.165) is 80.7 Å². The lowest BCUT2D eigenvalue weighted by atomic mass is 9.54. The van der Waals surface area contributed by atoms with Crippen molar-refractivity contribution in [1.82, 2.24) is 5.32 Å². The van der Waals surface area contributed by atoms with Crippen LogP contribution in [0.2, 0.25) is 0 Å². The summed E-state index contributed by atoms with van der Waals surface area (Å²) < 4.78 is 13.1. The Morgan fingerprint density at radius 3 is 2.41 bits per heavy atom. The molecule has 1 saturated heterocycles. The third-order valence-corrected chi connectivity index (χ3v) is 10.6. The fraction of sp³-hybridized carbons (Fsp3) is 0.615. The van der Waals surface area contributed by atoms with Crippen LogP contribution in [0, 0.1) is 11.8 Å². The van der Waals surface area contributed by atoms with Crippen molar-refractivity contribution in [3.63, 3.8) is 0 Å². The molecular weight excluding hydrogens is 576 g/mol. The van der Waals surface area contributed by atoms with Crippen molar-refractivity contribution in [3.05, 3.63) is 65.7 Å². The smallest absolute Gasteiger partial charge is 0.308 e. The largest absolute Gasteiger partial charge is 0.452 e. The van der Waals surface area contributed by atoms with Crippen LogP contribution in [-0.4, -0.2) is 60.2 Å². The maximum absolute atomic E-state index is 13.3. The number of amides is 1. The molecule has 2 aliphatic carbocycles. The summed E-state index contributed by atoms with van der Waals surface area (Å²) in [5, 5.41) is 3.40. The van der Waals surface area contributed by atoms with Crippen molar-refractivity contribution in [3.8, 4) is 5.75 Å². The zero-order valence-corrected chi connectivity index (χ0v) is 28.5. The van der Waals surface area contributed by atoms with Crippen LogP contribution in [0.5, 0.6) is 5.75 Å². The number of carbonyl (C=O) groups is 3. The van der Waals surface area contributed by atoms with Gasteiger partial charge in [0.05, 0.1) is 19.6 Å². The van der Waals surface area contributed by atoms with Crippen LogP contribution < -0.4 is 10.1 Å². The highest BCUT2D eigenvalue weighted by Gasteiger charge is 2.65. The zero-order valence-electron chi connectivity index (χ0n) is 28.5. The van der Waals surface area contributed by atoms with Crippen LogP contribution in [0.3, 0.4) is 0 Å². The van der Waals surface area contributed by atoms with Gasteiger partial charge >= 0.3 is 11.9 Å². The lowest BCUT2D eigenvalue weighted by molar-refractivity contribution is -0.945. The summed E-state index contributed by atoms with van der Waals surface area (Å²) in [4.78, 5) is 38.2. The molecule has 3 aliphatic rings. The quantitative estimate of drug-likeness (QED) is 0.106. The van der Waals surface area contributed by atoms with E-state index >= 15 is 0 Å². The number of nitrogens with one attached hydrogen (secondary N) is 1. The number of benzene rings is 2. The van der Waals surface area contributed by atoms with Crippen molar-refractivity contribution in [2.75, 3.05) is 26.2 Å². The molecule has 1 unspecified atom stereocenters. The van der Waals surface area contributed by atoms with Crippen LogP contribution in [0.25, 0.3) is 0 Å². The number of rotatable bonds is 14. The predicted octanol–water partition coefficient (Wildman–Crippen LogP) is 6.91. The molecule has 1 N–H and O–H groups in total. The molecule has 0 spiro atoms. The summed E-state index contributed by atoms with van der Waals surface area (Å²) >= 11 is 0. The van der Waals surface area contributed by atoms with Gasteiger partial charge in [-0.05, 0) is 74.6 Å². The molecule has 1 heterocycles. The summed E-state index contributed by atoms with van der Waals surface area (Å²) in [7, 11) is 0. The molecular formula is C39H55N2O5+. The van der Waals surface area contributed by atoms with E-state index in [1.54, 1.807) is 0 Å². The maximum atomic E-state index is 13.3. The number of fused-ring (bicyclic) bond motifs is 1. The van der Waals surface area contributed by atoms with Crippen LogP contribution in [0.1, 0.15) is 103 Å². The Hall–Kier alpha value is -3.19. The molecule has 250 valence electrons. The van der Waals surface area contributed by atoms with Gasteiger partial charge in [0, 0.05) is 50.0 Å². The van der Waals surface area contributed by atoms with Gasteiger partial charge in [0.1, 0.15) is 12.3 Å². The Morgan fingerprint density at radius 1 is 0.935 bits per heavy atom. The number of likely N-dealkylation sites (tertiary alicyclic amines) is 1. The van der Waals surface area contributed by atoms with Gasteiger partial charge in [0.15, 0.2) is 5.60 Å². The fourth-order valence-corrected chi connectivity index (χ4v) is 8.84. The Morgan fingerprint density at radius 2 is 1.72 bits per heavy atom. The Labute approximate surface area is 276 Å². The first-order chi connectivity index (χ1) is 22.0. The van der Waals surface area contributed by atoms with Gasteiger partial charge in [0.2, 0.25) is 5.91 Å². The van der Waals surface area contributed by atoms with Gasteiger partial charge in [-0.15, -0.1) is 0 Å². The highest BCUT2D eigenvalue weighted by molar-refractivity contribution is 5.76. The fourth-order valence-electron chi connectivity index (χ4n) is 8.84. The second-order valence-corrected chi connectivity index (χ2v) is 15.0. The molecule has 1 aliphatic heterocycles. The number of nitrogens with zero attached hydrogens (tertiary/aromatic N) is 1. The van der Waals surface area contributed by atoms with Crippen LogP contribution in [-0.2, 0) is 31.0 Å². The average Bonchev–Trinajstić information content (AvgIpc) is 3.80. The number of aryl methyl sites for hydroxylation is 1. The highest BCUT2D eigenvalue weighted by Crippen LogP contribution is 2.56. The van der Waals surface area contributed by atoms with E-state index in [1.807, 2.05) is 24.3 Å². The molecule has 7 nitrogen and oxygen atoms in total. The van der Waals surface area contributed by atoms with Gasteiger partial charge in [0.25, 0.3) is 0 Å². The number of piperidine rings is 1. The predicted molar refractivity (Wildman–Crippen MR) is 180 cm³/mol. The SMILES string of the molecule is CC(=O)Oc1cccc([C@]23CC[N@+](CC(C)C)(CC4CC4)CC2(OC(C)=O)CC[C@H](NC(=O)CCCCCc2ccccc2)C3)c1. The molecule has 7 heteroatoms. The number of esters is 2. The van der Waals surface area contributed by atoms with Gasteiger partial charge in [-0.1, -0.05) is 62.7 Å². The first-order valence-electron chi connectivity index (χ1n) is 17.7. The molecule has 0 aromatic heterocycles. The van der Waals surface area contributed by atoms with Gasteiger partial charge < -0.3 is 19.3 Å². The Balaban J connectivity index is 1.37. The Kier molecular flexibility index (Phi) is 10.9. The van der Waals surface area contributed by atoms with Crippen molar-refractivity contribution in [2.45, 2.75) is 115 Å². The topological polar surface area (TPSA) is 81.7 Å². The summed E-state index contributed by atoms with van der Waals surface area (Å²) in [5.74, 6) is 1.26. The minimum Gasteiger partial charge on any atom is -0.452 e. The number of hydrogen-bond donors (Lipinski definition) is 1. The molecule has 3 fully saturated rings. The number of ether oxygens (including phenoxy) is 2. The molecule has 0 bridgehead atoms. The van der Waals surface area contributed by atoms with Gasteiger partial charge in [-0.3, -0.25) is 14.4 Å². The molecule has 1 amide bonds. The second kappa shape index (κ2) is 14.7. The molecule has 2 saturated carbocycles. The van der Waals surface area contributed by atoms with E-state index < -0.39 is 11.0 Å². The van der Waals surface area contributed by atoms with Gasteiger partial charge in [-0.25, -0.2) is 0 Å². The molecule has 2 aromatic carbocycles. The van der Waals surface area contributed by atoms with E-state index in [-0.39, 0.29) is 23.9 Å². The Bertz CT molecular complexity index is 1350. The van der Waals surface area contributed by atoms with Crippen molar-refractivity contribution in [1.29, 1.82) is 0 Å². The number of carbonyl (C=O) groups excluding carboxylic acids is 3. The molecule has 4 atom stereocenters. The lowest BCUT2D eigenvalue weighted by Crippen LogP contribution is -2.74. The van der Waals surface area contributed by atoms with Crippen LogP contribution in [0.4, 0.5) is 0 Å². The molecule has 46 heavy (non-hydrogen) atoms. The summed E-state index contributed by atoms with van der Waals surface area (Å²) in [6, 6.07) is 18.3. The summed E-state index contributed by atoms with van der Waals surface area (Å²) in [6.45, 7) is 11.5. The van der Waals surface area contributed by atoms with E-state index in [4.69, 9.17) is 9.47 Å². The zero-order chi connectivity index (χ0) is 32.8. The minimum absolute atomic E-state index is 0.0218. The van der Waals surface area contributed by atoms with Crippen molar-refractivity contribution in [2.24, 2.45) is 11.8 Å². The third-order valence-electron chi connectivity index (χ3n) is 10.6. The standard InChI is InChI=1S/C39H54N2O5/c1-29(2)26-41(27-33-18-19-33)23-22-38(34-15-11-16-36(24-34)45-30(3)42)25-35(20-21-39(38,28-41)46-31(4)43)40-37(44)17-10-6-9-14-32-12-7-5-8-13-32/h5,7-8,11-13,15-16,24,29,33,35H,6,9-10,14,17-23,25-28H2,1-4H3/p+1/t35-,38+,39?,41-/m0/s1. The van der Waals surface area contributed by atoms with Crippen LogP contribution in [0.15, 0.2) is 54.6 Å². The van der Waals surface area contributed by atoms with E-state index in [2.05, 4.69) is 49.5 Å². The second-order valence-electron chi connectivity index (χ2n) is 15.0.